The number of anilines is 1. The van der Waals surface area contributed by atoms with E-state index in [0.717, 1.165) is 21.0 Å². The molecule has 7 nitrogen and oxygen atoms in total. The standard InChI is InChI=1S/C23H20N4O3/c1-15(22(28)25-20-9-5-7-16-6-3-4-8-19(16)20)27-23(29)26-21(14-24-27)17-10-12-18(30-2)13-11-17/h3-15H,1-2H3,(H,25,28)/t15-/m1/s1. The largest absolute Gasteiger partial charge is 0.497 e. The van der Waals surface area contributed by atoms with Gasteiger partial charge in [0.25, 0.3) is 0 Å². The van der Waals surface area contributed by atoms with Crippen LogP contribution in [0.3, 0.4) is 0 Å². The van der Waals surface area contributed by atoms with Crippen LogP contribution in [0.4, 0.5) is 5.69 Å². The molecule has 3 aromatic carbocycles. The number of amides is 1. The van der Waals surface area contributed by atoms with Crippen molar-refractivity contribution in [2.75, 3.05) is 12.4 Å². The third-order valence-electron chi connectivity index (χ3n) is 4.90. The van der Waals surface area contributed by atoms with Crippen LogP contribution in [0.5, 0.6) is 5.75 Å². The monoisotopic (exact) mass is 400 g/mol. The molecule has 0 spiro atoms. The van der Waals surface area contributed by atoms with E-state index in [0.29, 0.717) is 17.1 Å². The molecule has 0 saturated heterocycles. The molecule has 0 radical (unpaired) electrons. The van der Waals surface area contributed by atoms with Gasteiger partial charge < -0.3 is 10.1 Å². The number of methoxy groups -OCH3 is 1. The molecule has 1 amide bonds. The van der Waals surface area contributed by atoms with Gasteiger partial charge in [-0.3, -0.25) is 4.79 Å². The molecule has 0 aliphatic rings. The number of carbonyl (C=O) groups excluding carboxylic acids is 1. The Morgan fingerprint density at radius 1 is 1.03 bits per heavy atom. The average molecular weight is 400 g/mol. The quantitative estimate of drug-likeness (QED) is 0.552. The maximum Gasteiger partial charge on any atom is 0.365 e. The highest BCUT2D eigenvalue weighted by molar-refractivity contribution is 6.03. The third-order valence-corrected chi connectivity index (χ3v) is 4.90. The lowest BCUT2D eigenvalue weighted by Gasteiger charge is -2.15. The maximum absolute atomic E-state index is 12.8. The van der Waals surface area contributed by atoms with Gasteiger partial charge in [0.15, 0.2) is 0 Å². The fraction of sp³-hybridized carbons (Fsp3) is 0.130. The summed E-state index contributed by atoms with van der Waals surface area (Å²) in [5.74, 6) is 0.360. The minimum atomic E-state index is -0.825. The predicted octanol–water partition coefficient (Wildman–Crippen LogP) is 3.67. The van der Waals surface area contributed by atoms with Gasteiger partial charge in [-0.25, -0.2) is 9.48 Å². The number of ether oxygens (including phenoxy) is 1. The van der Waals surface area contributed by atoms with Gasteiger partial charge in [-0.2, -0.15) is 10.1 Å². The summed E-state index contributed by atoms with van der Waals surface area (Å²) in [6.07, 6.45) is 1.48. The Balaban J connectivity index is 1.57. The molecular weight excluding hydrogens is 380 g/mol. The summed E-state index contributed by atoms with van der Waals surface area (Å²) in [5, 5.41) is 9.00. The SMILES string of the molecule is COc1ccc(-c2cnn([C@H](C)C(=O)Nc3cccc4ccccc34)c(=O)n2)cc1. The Hall–Kier alpha value is -4.00. The Labute approximate surface area is 173 Å². The Kier molecular flexibility index (Phi) is 5.26. The zero-order valence-corrected chi connectivity index (χ0v) is 16.6. The van der Waals surface area contributed by atoms with Gasteiger partial charge in [0.1, 0.15) is 11.8 Å². The van der Waals surface area contributed by atoms with Crippen molar-refractivity contribution >= 4 is 22.4 Å². The number of nitrogens with one attached hydrogen (secondary N) is 1. The summed E-state index contributed by atoms with van der Waals surface area (Å²) in [7, 11) is 1.58. The zero-order chi connectivity index (χ0) is 21.1. The van der Waals surface area contributed by atoms with Crippen molar-refractivity contribution in [3.8, 4) is 17.0 Å². The van der Waals surface area contributed by atoms with Crippen LogP contribution in [-0.4, -0.2) is 27.8 Å². The normalized spacial score (nSPS) is 11.8. The molecule has 0 aliphatic heterocycles. The van der Waals surface area contributed by atoms with Gasteiger partial charge in [0.05, 0.1) is 19.0 Å². The van der Waals surface area contributed by atoms with E-state index in [1.165, 1.54) is 6.20 Å². The minimum Gasteiger partial charge on any atom is -0.497 e. The van der Waals surface area contributed by atoms with Gasteiger partial charge >= 0.3 is 5.69 Å². The Morgan fingerprint density at radius 3 is 2.50 bits per heavy atom. The van der Waals surface area contributed by atoms with Gasteiger partial charge in [-0.05, 0) is 42.6 Å². The zero-order valence-electron chi connectivity index (χ0n) is 16.6. The molecule has 1 atom stereocenters. The molecule has 7 heteroatoms. The molecule has 0 unspecified atom stereocenters. The maximum atomic E-state index is 12.8. The van der Waals surface area contributed by atoms with Crippen LogP contribution in [0.1, 0.15) is 13.0 Å². The van der Waals surface area contributed by atoms with Gasteiger partial charge in [0, 0.05) is 16.6 Å². The second kappa shape index (κ2) is 8.16. The van der Waals surface area contributed by atoms with Crippen LogP contribution in [0.2, 0.25) is 0 Å². The number of carbonyl (C=O) groups is 1. The topological polar surface area (TPSA) is 86.1 Å². The predicted molar refractivity (Wildman–Crippen MR) is 116 cm³/mol. The number of nitrogens with zero attached hydrogens (tertiary/aromatic N) is 3. The molecule has 0 fully saturated rings. The lowest BCUT2D eigenvalue weighted by atomic mass is 10.1. The molecule has 0 aliphatic carbocycles. The van der Waals surface area contributed by atoms with Crippen molar-refractivity contribution in [2.24, 2.45) is 0 Å². The highest BCUT2D eigenvalue weighted by Gasteiger charge is 2.19. The van der Waals surface area contributed by atoms with Crippen LogP contribution < -0.4 is 15.7 Å². The van der Waals surface area contributed by atoms with E-state index in [1.807, 2.05) is 42.5 Å². The number of aromatic nitrogens is 3. The van der Waals surface area contributed by atoms with Crippen molar-refractivity contribution < 1.29 is 9.53 Å². The first-order valence-electron chi connectivity index (χ1n) is 9.46. The van der Waals surface area contributed by atoms with E-state index in [1.54, 1.807) is 38.3 Å². The average Bonchev–Trinajstić information content (AvgIpc) is 2.79. The smallest absolute Gasteiger partial charge is 0.365 e. The third kappa shape index (κ3) is 3.77. The summed E-state index contributed by atoms with van der Waals surface area (Å²) in [4.78, 5) is 29.4. The number of hydrogen-bond acceptors (Lipinski definition) is 5. The van der Waals surface area contributed by atoms with Crippen LogP contribution >= 0.6 is 0 Å². The molecule has 1 N–H and O–H groups in total. The van der Waals surface area contributed by atoms with Crippen molar-refractivity contribution in [3.05, 3.63) is 83.4 Å². The van der Waals surface area contributed by atoms with Crippen molar-refractivity contribution in [1.29, 1.82) is 0 Å². The van der Waals surface area contributed by atoms with Gasteiger partial charge in [-0.15, -0.1) is 0 Å². The van der Waals surface area contributed by atoms with Crippen LogP contribution in [0.15, 0.2) is 77.7 Å². The second-order valence-electron chi connectivity index (χ2n) is 6.79. The van der Waals surface area contributed by atoms with Crippen LogP contribution in [0, 0.1) is 0 Å². The van der Waals surface area contributed by atoms with E-state index in [-0.39, 0.29) is 5.91 Å². The van der Waals surface area contributed by atoms with Crippen molar-refractivity contribution in [1.82, 2.24) is 14.8 Å². The lowest BCUT2D eigenvalue weighted by molar-refractivity contribution is -0.119. The summed E-state index contributed by atoms with van der Waals surface area (Å²) in [6.45, 7) is 1.61. The Morgan fingerprint density at radius 2 is 1.77 bits per heavy atom. The van der Waals surface area contributed by atoms with Crippen LogP contribution in [-0.2, 0) is 4.79 Å². The van der Waals surface area contributed by atoms with Crippen molar-refractivity contribution in [2.45, 2.75) is 13.0 Å². The van der Waals surface area contributed by atoms with E-state index >= 15 is 0 Å². The Bertz CT molecular complexity index is 1260. The lowest BCUT2D eigenvalue weighted by Crippen LogP contribution is -2.34. The summed E-state index contributed by atoms with van der Waals surface area (Å²) in [6, 6.07) is 19.8. The first kappa shape index (κ1) is 19.3. The number of rotatable bonds is 5. The fourth-order valence-corrected chi connectivity index (χ4v) is 3.20. The molecule has 4 rings (SSSR count). The highest BCUT2D eigenvalue weighted by Crippen LogP contribution is 2.24. The molecule has 4 aromatic rings. The molecule has 0 bridgehead atoms. The van der Waals surface area contributed by atoms with Gasteiger partial charge in [-0.1, -0.05) is 36.4 Å². The van der Waals surface area contributed by atoms with E-state index in [9.17, 15) is 9.59 Å². The summed E-state index contributed by atoms with van der Waals surface area (Å²) in [5.41, 5.74) is 1.26. The molecule has 150 valence electrons. The first-order chi connectivity index (χ1) is 14.6. The summed E-state index contributed by atoms with van der Waals surface area (Å²) < 4.78 is 6.21. The summed E-state index contributed by atoms with van der Waals surface area (Å²) >= 11 is 0. The molecule has 1 heterocycles. The van der Waals surface area contributed by atoms with Crippen molar-refractivity contribution in [3.63, 3.8) is 0 Å². The second-order valence-corrected chi connectivity index (χ2v) is 6.79. The number of fused-ring (bicyclic) bond motifs is 1. The molecule has 0 saturated carbocycles. The number of hydrogen-bond donors (Lipinski definition) is 1. The van der Waals surface area contributed by atoms with E-state index in [4.69, 9.17) is 4.74 Å². The van der Waals surface area contributed by atoms with Crippen LogP contribution in [0.25, 0.3) is 22.0 Å². The molecule has 30 heavy (non-hydrogen) atoms. The van der Waals surface area contributed by atoms with E-state index in [2.05, 4.69) is 15.4 Å². The van der Waals surface area contributed by atoms with E-state index < -0.39 is 11.7 Å². The highest BCUT2D eigenvalue weighted by atomic mass is 16.5. The molecule has 1 aromatic heterocycles. The van der Waals surface area contributed by atoms with Gasteiger partial charge in [0.2, 0.25) is 5.91 Å². The first-order valence-corrected chi connectivity index (χ1v) is 9.46. The minimum absolute atomic E-state index is 0.347. The number of benzene rings is 3. The molecular formula is C23H20N4O3. The fourth-order valence-electron chi connectivity index (χ4n) is 3.20.